The van der Waals surface area contributed by atoms with Crippen molar-refractivity contribution in [1.82, 2.24) is 16.0 Å². The molecule has 1 fully saturated rings. The lowest BCUT2D eigenvalue weighted by Crippen LogP contribution is -2.46. The van der Waals surface area contributed by atoms with E-state index in [4.69, 9.17) is 11.6 Å². The molecule has 3 amide bonds. The first kappa shape index (κ1) is 19.2. The summed E-state index contributed by atoms with van der Waals surface area (Å²) in [7, 11) is 0. The number of nitrogens with one attached hydrogen (secondary N) is 3. The standard InChI is InChI=1S/C21H24ClN3O2/c22-17-8-6-15(7-9-17)14-23-21(27)25-19-12-10-18(11-13-19)24-20(26)16-4-2-1-3-5-16/h1-9,18-19H,10-14H2,(H,24,26)(H2,23,25,27). The summed E-state index contributed by atoms with van der Waals surface area (Å²) in [4.78, 5) is 24.3. The van der Waals surface area contributed by atoms with Gasteiger partial charge in [0.1, 0.15) is 0 Å². The van der Waals surface area contributed by atoms with Gasteiger partial charge in [-0.15, -0.1) is 0 Å². The molecular weight excluding hydrogens is 362 g/mol. The topological polar surface area (TPSA) is 70.2 Å². The molecule has 3 N–H and O–H groups in total. The summed E-state index contributed by atoms with van der Waals surface area (Å²) in [5, 5.41) is 9.65. The van der Waals surface area contributed by atoms with Crippen molar-refractivity contribution in [2.24, 2.45) is 0 Å². The lowest BCUT2D eigenvalue weighted by atomic mass is 9.91. The summed E-state index contributed by atoms with van der Waals surface area (Å²) in [6.45, 7) is 0.464. The van der Waals surface area contributed by atoms with Gasteiger partial charge in [0.2, 0.25) is 0 Å². The van der Waals surface area contributed by atoms with Gasteiger partial charge in [0.15, 0.2) is 0 Å². The van der Waals surface area contributed by atoms with E-state index >= 15 is 0 Å². The Labute approximate surface area is 164 Å². The van der Waals surface area contributed by atoms with Crippen LogP contribution in [0.1, 0.15) is 41.6 Å². The molecule has 27 heavy (non-hydrogen) atoms. The Morgan fingerprint density at radius 2 is 1.44 bits per heavy atom. The Kier molecular flexibility index (Phi) is 6.71. The highest BCUT2D eigenvalue weighted by Crippen LogP contribution is 2.19. The first-order valence-electron chi connectivity index (χ1n) is 9.25. The normalized spacial score (nSPS) is 19.1. The quantitative estimate of drug-likeness (QED) is 0.730. The van der Waals surface area contributed by atoms with Crippen LogP contribution in [0.2, 0.25) is 5.02 Å². The highest BCUT2D eigenvalue weighted by molar-refractivity contribution is 6.30. The van der Waals surface area contributed by atoms with E-state index in [1.54, 1.807) is 0 Å². The zero-order valence-corrected chi connectivity index (χ0v) is 15.8. The first-order chi connectivity index (χ1) is 13.1. The van der Waals surface area contributed by atoms with Crippen molar-refractivity contribution in [3.05, 3.63) is 70.7 Å². The Morgan fingerprint density at radius 3 is 2.07 bits per heavy atom. The van der Waals surface area contributed by atoms with E-state index in [1.807, 2.05) is 54.6 Å². The van der Waals surface area contributed by atoms with Crippen molar-refractivity contribution in [3.8, 4) is 0 Å². The summed E-state index contributed by atoms with van der Waals surface area (Å²) in [6.07, 6.45) is 3.43. The van der Waals surface area contributed by atoms with Crippen molar-refractivity contribution < 1.29 is 9.59 Å². The van der Waals surface area contributed by atoms with Gasteiger partial charge in [-0.05, 0) is 55.5 Å². The maximum atomic E-state index is 12.2. The Hall–Kier alpha value is -2.53. The van der Waals surface area contributed by atoms with Gasteiger partial charge in [-0.25, -0.2) is 4.79 Å². The Morgan fingerprint density at radius 1 is 0.852 bits per heavy atom. The van der Waals surface area contributed by atoms with Gasteiger partial charge in [0, 0.05) is 29.2 Å². The molecule has 5 nitrogen and oxygen atoms in total. The highest BCUT2D eigenvalue weighted by Gasteiger charge is 2.23. The molecule has 0 heterocycles. The predicted molar refractivity (Wildman–Crippen MR) is 107 cm³/mol. The molecule has 0 radical (unpaired) electrons. The van der Waals surface area contributed by atoms with Crippen LogP contribution in [-0.4, -0.2) is 24.0 Å². The van der Waals surface area contributed by atoms with Gasteiger partial charge in [-0.1, -0.05) is 41.9 Å². The minimum atomic E-state index is -0.165. The van der Waals surface area contributed by atoms with Crippen molar-refractivity contribution in [2.75, 3.05) is 0 Å². The molecular formula is C21H24ClN3O2. The van der Waals surface area contributed by atoms with Crippen molar-refractivity contribution in [3.63, 3.8) is 0 Å². The van der Waals surface area contributed by atoms with Crippen LogP contribution in [0.3, 0.4) is 0 Å². The van der Waals surface area contributed by atoms with Gasteiger partial charge in [-0.2, -0.15) is 0 Å². The largest absolute Gasteiger partial charge is 0.349 e. The van der Waals surface area contributed by atoms with Crippen molar-refractivity contribution >= 4 is 23.5 Å². The van der Waals surface area contributed by atoms with E-state index in [1.165, 1.54) is 0 Å². The molecule has 0 bridgehead atoms. The van der Waals surface area contributed by atoms with Crippen molar-refractivity contribution in [1.29, 1.82) is 0 Å². The summed E-state index contributed by atoms with van der Waals surface area (Å²) < 4.78 is 0. The van der Waals surface area contributed by atoms with E-state index in [0.29, 0.717) is 17.1 Å². The van der Waals surface area contributed by atoms with Crippen LogP contribution < -0.4 is 16.0 Å². The van der Waals surface area contributed by atoms with Crippen LogP contribution >= 0.6 is 11.6 Å². The molecule has 0 aromatic heterocycles. The SMILES string of the molecule is O=C(NCc1ccc(Cl)cc1)NC1CCC(NC(=O)c2ccccc2)CC1. The maximum Gasteiger partial charge on any atom is 0.315 e. The number of hydrogen-bond acceptors (Lipinski definition) is 2. The third-order valence-corrected chi connectivity index (χ3v) is 5.05. The number of halogens is 1. The van der Waals surface area contributed by atoms with Gasteiger partial charge in [0.25, 0.3) is 5.91 Å². The van der Waals surface area contributed by atoms with E-state index in [9.17, 15) is 9.59 Å². The lowest BCUT2D eigenvalue weighted by molar-refractivity contribution is 0.0924. The maximum absolute atomic E-state index is 12.2. The Balaban J connectivity index is 1.37. The number of urea groups is 1. The highest BCUT2D eigenvalue weighted by atomic mass is 35.5. The molecule has 1 aliphatic rings. The number of amides is 3. The molecule has 3 rings (SSSR count). The fourth-order valence-corrected chi connectivity index (χ4v) is 3.39. The number of carbonyl (C=O) groups is 2. The molecule has 142 valence electrons. The molecule has 0 atom stereocenters. The van der Waals surface area contributed by atoms with Gasteiger partial charge >= 0.3 is 6.03 Å². The summed E-state index contributed by atoms with van der Waals surface area (Å²) in [6, 6.07) is 16.8. The molecule has 1 saturated carbocycles. The molecule has 0 unspecified atom stereocenters. The minimum Gasteiger partial charge on any atom is -0.349 e. The Bertz CT molecular complexity index is 757. The van der Waals surface area contributed by atoms with Crippen molar-refractivity contribution in [2.45, 2.75) is 44.3 Å². The van der Waals surface area contributed by atoms with Crippen LogP contribution in [0, 0.1) is 0 Å². The molecule has 1 aliphatic carbocycles. The van der Waals surface area contributed by atoms with E-state index in [2.05, 4.69) is 16.0 Å². The number of rotatable bonds is 5. The third-order valence-electron chi connectivity index (χ3n) is 4.80. The van der Waals surface area contributed by atoms with Crippen LogP contribution in [0.4, 0.5) is 4.79 Å². The van der Waals surface area contributed by atoms with E-state index in [0.717, 1.165) is 31.2 Å². The number of hydrogen-bond donors (Lipinski definition) is 3. The molecule has 2 aromatic rings. The number of carbonyl (C=O) groups excluding carboxylic acids is 2. The molecule has 0 saturated heterocycles. The zero-order chi connectivity index (χ0) is 19.1. The van der Waals surface area contributed by atoms with Gasteiger partial charge in [0.05, 0.1) is 0 Å². The molecule has 2 aromatic carbocycles. The average molecular weight is 386 g/mol. The van der Waals surface area contributed by atoms with Crippen LogP contribution in [0.25, 0.3) is 0 Å². The second-order valence-corrected chi connectivity index (χ2v) is 7.28. The summed E-state index contributed by atoms with van der Waals surface area (Å²) in [5.74, 6) is -0.0345. The van der Waals surface area contributed by atoms with E-state index < -0.39 is 0 Å². The first-order valence-corrected chi connectivity index (χ1v) is 9.62. The fraction of sp³-hybridized carbons (Fsp3) is 0.333. The second kappa shape index (κ2) is 9.42. The smallest absolute Gasteiger partial charge is 0.315 e. The molecule has 0 aliphatic heterocycles. The molecule has 0 spiro atoms. The minimum absolute atomic E-state index is 0.0345. The average Bonchev–Trinajstić information content (AvgIpc) is 2.70. The predicted octanol–water partition coefficient (Wildman–Crippen LogP) is 3.88. The second-order valence-electron chi connectivity index (χ2n) is 6.84. The van der Waals surface area contributed by atoms with Crippen LogP contribution in [-0.2, 0) is 6.54 Å². The van der Waals surface area contributed by atoms with E-state index in [-0.39, 0.29) is 24.0 Å². The third kappa shape index (κ3) is 6.00. The monoisotopic (exact) mass is 385 g/mol. The van der Waals surface area contributed by atoms with Crippen LogP contribution in [0.5, 0.6) is 0 Å². The summed E-state index contributed by atoms with van der Waals surface area (Å²) >= 11 is 5.86. The summed E-state index contributed by atoms with van der Waals surface area (Å²) in [5.41, 5.74) is 1.68. The number of benzene rings is 2. The zero-order valence-electron chi connectivity index (χ0n) is 15.1. The van der Waals surface area contributed by atoms with Gasteiger partial charge in [-0.3, -0.25) is 4.79 Å². The van der Waals surface area contributed by atoms with Gasteiger partial charge < -0.3 is 16.0 Å². The van der Waals surface area contributed by atoms with Crippen LogP contribution in [0.15, 0.2) is 54.6 Å². The lowest BCUT2D eigenvalue weighted by Gasteiger charge is -2.29. The molecule has 6 heteroatoms. The fourth-order valence-electron chi connectivity index (χ4n) is 3.26.